The highest BCUT2D eigenvalue weighted by atomic mass is 16.2. The number of carbonyl (C=O) groups is 5. The van der Waals surface area contributed by atoms with Crippen molar-refractivity contribution in [1.82, 2.24) is 35.4 Å². The van der Waals surface area contributed by atoms with Gasteiger partial charge in [0.1, 0.15) is 11.7 Å². The maximum absolute atomic E-state index is 13.2. The average molecular weight is 704 g/mol. The first-order chi connectivity index (χ1) is 25.1. The highest BCUT2D eigenvalue weighted by Crippen LogP contribution is 2.32. The number of nitrogens with one attached hydrogen (secondary N) is 3. The van der Waals surface area contributed by atoms with Gasteiger partial charge in [-0.2, -0.15) is 0 Å². The minimum atomic E-state index is -1.01. The van der Waals surface area contributed by atoms with Crippen LogP contribution in [-0.4, -0.2) is 106 Å². The summed E-state index contributed by atoms with van der Waals surface area (Å²) in [6, 6.07) is 11.3. The number of nitrogens with zero attached hydrogens (tertiary/aromatic N) is 6. The Kier molecular flexibility index (Phi) is 8.49. The van der Waals surface area contributed by atoms with Crippen LogP contribution in [-0.2, 0) is 22.6 Å². The van der Waals surface area contributed by atoms with Crippen LogP contribution in [0.4, 0.5) is 11.4 Å². The molecule has 0 spiro atoms. The van der Waals surface area contributed by atoms with Gasteiger partial charge in [-0.25, -0.2) is 4.98 Å². The number of piperidine rings is 1. The van der Waals surface area contributed by atoms with Gasteiger partial charge < -0.3 is 20.1 Å². The average Bonchev–Trinajstić information content (AvgIpc) is 3.37. The number of pyridine rings is 3. The van der Waals surface area contributed by atoms with Crippen LogP contribution >= 0.6 is 0 Å². The van der Waals surface area contributed by atoms with Gasteiger partial charge in [0.15, 0.2) is 0 Å². The normalized spacial score (nSPS) is 19.6. The Hall–Kier alpha value is -5.96. The molecule has 4 aliphatic heterocycles. The monoisotopic (exact) mass is 703 g/mol. The van der Waals surface area contributed by atoms with E-state index in [0.717, 1.165) is 71.2 Å². The number of fused-ring (bicyclic) bond motifs is 2. The van der Waals surface area contributed by atoms with Gasteiger partial charge in [-0.05, 0) is 60.9 Å². The fourth-order valence-corrected chi connectivity index (χ4v) is 7.34. The summed E-state index contributed by atoms with van der Waals surface area (Å²) in [4.78, 5) is 94.9. The quantitative estimate of drug-likeness (QED) is 0.225. The molecule has 4 aromatic rings. The predicted molar refractivity (Wildman–Crippen MR) is 190 cm³/mol. The molecule has 266 valence electrons. The van der Waals surface area contributed by atoms with Crippen molar-refractivity contribution in [1.29, 1.82) is 0 Å². The number of carbonyl (C=O) groups excluding carboxylic acids is 5. The number of hydrogen-bond acceptors (Lipinski definition) is 11. The Morgan fingerprint density at radius 1 is 0.865 bits per heavy atom. The SMILES string of the molecule is CCc1cc2ncc(CN3CCN(c4ccc(C(=O)NC5CN(c6ccc7c(c6)C(=O)N(C6CCC(=O)NC6=O)C7=O)C5)nc4)CC3)cc2[nH]c1=O. The van der Waals surface area contributed by atoms with Gasteiger partial charge in [0.05, 0.1) is 40.1 Å². The molecular formula is C37H37N9O6. The van der Waals surface area contributed by atoms with E-state index in [1.165, 1.54) is 0 Å². The number of anilines is 2. The van der Waals surface area contributed by atoms with Gasteiger partial charge in [0.25, 0.3) is 23.3 Å². The molecule has 1 aromatic carbocycles. The highest BCUT2D eigenvalue weighted by molar-refractivity contribution is 6.23. The third-order valence-corrected chi connectivity index (χ3v) is 10.3. The summed E-state index contributed by atoms with van der Waals surface area (Å²) < 4.78 is 0. The zero-order valence-corrected chi connectivity index (χ0v) is 28.6. The number of H-pyrrole nitrogens is 1. The molecule has 3 aromatic heterocycles. The van der Waals surface area contributed by atoms with E-state index in [1.807, 2.05) is 36.2 Å². The summed E-state index contributed by atoms with van der Waals surface area (Å²) in [5.74, 6) is -2.44. The van der Waals surface area contributed by atoms with Crippen molar-refractivity contribution in [3.05, 3.63) is 93.2 Å². The third-order valence-electron chi connectivity index (χ3n) is 10.3. The minimum Gasteiger partial charge on any atom is -0.368 e. The van der Waals surface area contributed by atoms with E-state index in [9.17, 15) is 28.8 Å². The number of piperazine rings is 1. The van der Waals surface area contributed by atoms with Gasteiger partial charge in [0.2, 0.25) is 11.8 Å². The van der Waals surface area contributed by atoms with Gasteiger partial charge >= 0.3 is 0 Å². The fraction of sp³-hybridized carbons (Fsp3) is 0.351. The molecule has 3 fully saturated rings. The number of aryl methyl sites for hydroxylation is 1. The molecule has 4 aliphatic rings. The Balaban J connectivity index is 0.814. The maximum Gasteiger partial charge on any atom is 0.270 e. The maximum atomic E-state index is 13.2. The van der Waals surface area contributed by atoms with Crippen LogP contribution in [0.15, 0.2) is 59.7 Å². The number of hydrogen-bond donors (Lipinski definition) is 3. The second-order valence-electron chi connectivity index (χ2n) is 13.7. The van der Waals surface area contributed by atoms with Gasteiger partial charge in [-0.15, -0.1) is 0 Å². The molecule has 15 heteroatoms. The van der Waals surface area contributed by atoms with Crippen molar-refractivity contribution in [3.8, 4) is 0 Å². The molecule has 52 heavy (non-hydrogen) atoms. The molecule has 0 radical (unpaired) electrons. The molecule has 1 atom stereocenters. The summed E-state index contributed by atoms with van der Waals surface area (Å²) in [6.07, 6.45) is 4.43. The summed E-state index contributed by atoms with van der Waals surface area (Å²) in [6.45, 7) is 7.01. The Bertz CT molecular complexity index is 2190. The predicted octanol–water partition coefficient (Wildman–Crippen LogP) is 1.22. The molecule has 1 unspecified atom stereocenters. The molecule has 3 N–H and O–H groups in total. The van der Waals surface area contributed by atoms with Crippen LogP contribution in [0.5, 0.6) is 0 Å². The van der Waals surface area contributed by atoms with Crippen molar-refractivity contribution in [3.63, 3.8) is 0 Å². The lowest BCUT2D eigenvalue weighted by atomic mass is 10.0. The van der Waals surface area contributed by atoms with Crippen LogP contribution in [0.1, 0.15) is 62.1 Å². The van der Waals surface area contributed by atoms with Crippen molar-refractivity contribution >= 4 is 51.9 Å². The van der Waals surface area contributed by atoms with E-state index in [1.54, 1.807) is 30.5 Å². The zero-order valence-electron chi connectivity index (χ0n) is 28.6. The Morgan fingerprint density at radius 2 is 1.63 bits per heavy atom. The van der Waals surface area contributed by atoms with Crippen molar-refractivity contribution in [2.75, 3.05) is 49.1 Å². The Morgan fingerprint density at radius 3 is 2.37 bits per heavy atom. The smallest absolute Gasteiger partial charge is 0.270 e. The lowest BCUT2D eigenvalue weighted by Gasteiger charge is -2.41. The molecule has 15 nitrogen and oxygen atoms in total. The van der Waals surface area contributed by atoms with Gasteiger partial charge in [-0.1, -0.05) is 6.92 Å². The van der Waals surface area contributed by atoms with E-state index in [4.69, 9.17) is 0 Å². The second kappa shape index (κ2) is 13.3. The molecule has 0 bridgehead atoms. The lowest BCUT2D eigenvalue weighted by molar-refractivity contribution is -0.136. The standard InChI is InChI=1S/C37H37N9O6/c1-2-22-14-29-30(41-33(22)48)13-21(16-38-29)18-43-9-11-44(12-10-43)25-4-6-28(39-17-25)34(49)40-23-19-45(20-23)24-3-5-26-27(15-24)37(52)46(36(26)51)31-7-8-32(47)42-35(31)50/h3-6,13-17,23,31H,2,7-12,18-20H2,1H3,(H,40,49)(H,41,48)(H,42,47,50). The van der Waals surface area contributed by atoms with Crippen LogP contribution in [0.25, 0.3) is 11.0 Å². The Labute approximate surface area is 298 Å². The number of aromatic amines is 1. The summed E-state index contributed by atoms with van der Waals surface area (Å²) in [7, 11) is 0. The molecule has 8 rings (SSSR count). The topological polar surface area (TPSA) is 181 Å². The van der Waals surface area contributed by atoms with Crippen LogP contribution in [0, 0.1) is 0 Å². The fourth-order valence-electron chi connectivity index (χ4n) is 7.34. The minimum absolute atomic E-state index is 0.0612. The molecule has 0 saturated carbocycles. The summed E-state index contributed by atoms with van der Waals surface area (Å²) >= 11 is 0. The molecule has 5 amide bonds. The van der Waals surface area contributed by atoms with Gasteiger partial charge in [0, 0.05) is 69.7 Å². The van der Waals surface area contributed by atoms with E-state index in [-0.39, 0.29) is 41.5 Å². The largest absolute Gasteiger partial charge is 0.368 e. The molecule has 7 heterocycles. The van der Waals surface area contributed by atoms with Crippen LogP contribution < -0.4 is 26.0 Å². The first kappa shape index (κ1) is 33.2. The van der Waals surface area contributed by atoms with Crippen molar-refractivity contribution in [2.24, 2.45) is 0 Å². The highest BCUT2D eigenvalue weighted by Gasteiger charge is 2.45. The number of imide groups is 2. The third kappa shape index (κ3) is 6.16. The first-order valence-electron chi connectivity index (χ1n) is 17.5. The molecule has 0 aliphatic carbocycles. The van der Waals surface area contributed by atoms with E-state index >= 15 is 0 Å². The second-order valence-corrected chi connectivity index (χ2v) is 13.7. The first-order valence-corrected chi connectivity index (χ1v) is 17.5. The van der Waals surface area contributed by atoms with Crippen molar-refractivity contribution in [2.45, 2.75) is 44.8 Å². The van der Waals surface area contributed by atoms with E-state index < -0.39 is 29.7 Å². The van der Waals surface area contributed by atoms with E-state index in [0.29, 0.717) is 25.2 Å². The number of benzene rings is 1. The number of aromatic nitrogens is 3. The molecular weight excluding hydrogens is 666 g/mol. The molecule has 3 saturated heterocycles. The van der Waals surface area contributed by atoms with Crippen LogP contribution in [0.2, 0.25) is 0 Å². The van der Waals surface area contributed by atoms with Crippen LogP contribution in [0.3, 0.4) is 0 Å². The summed E-state index contributed by atoms with van der Waals surface area (Å²) in [5, 5.41) is 5.22. The number of amides is 5. The lowest BCUT2D eigenvalue weighted by Crippen LogP contribution is -2.59. The number of rotatable bonds is 8. The van der Waals surface area contributed by atoms with Crippen molar-refractivity contribution < 1.29 is 24.0 Å². The van der Waals surface area contributed by atoms with E-state index in [2.05, 4.69) is 35.4 Å². The summed E-state index contributed by atoms with van der Waals surface area (Å²) in [5.41, 5.74) is 5.70. The van der Waals surface area contributed by atoms with Gasteiger partial charge in [-0.3, -0.25) is 48.9 Å². The zero-order chi connectivity index (χ0) is 36.1.